The topological polar surface area (TPSA) is 110 Å². The first kappa shape index (κ1) is 34.0. The summed E-state index contributed by atoms with van der Waals surface area (Å²) < 4.78 is 19.0. The Kier molecular flexibility index (Phi) is 10.9. The molecule has 0 bridgehead atoms. The van der Waals surface area contributed by atoms with Crippen molar-refractivity contribution in [3.63, 3.8) is 0 Å². The van der Waals surface area contributed by atoms with E-state index in [0.29, 0.717) is 63.9 Å². The Bertz CT molecular complexity index is 1570. The lowest BCUT2D eigenvalue weighted by molar-refractivity contribution is -0.134. The Morgan fingerprint density at radius 2 is 1.81 bits per heavy atom. The molecule has 0 aliphatic carbocycles. The summed E-state index contributed by atoms with van der Waals surface area (Å²) >= 11 is 0. The van der Waals surface area contributed by atoms with Gasteiger partial charge in [0.1, 0.15) is 11.2 Å². The number of ether oxygens (including phenoxy) is 3. The van der Waals surface area contributed by atoms with Gasteiger partial charge in [-0.15, -0.1) is 0 Å². The largest absolute Gasteiger partial charge is 0.493 e. The minimum Gasteiger partial charge on any atom is -0.493 e. The Hall–Kier alpha value is -4.32. The summed E-state index contributed by atoms with van der Waals surface area (Å²) in [5, 5.41) is 0.996. The number of benzene rings is 1. The molecule has 2 fully saturated rings. The maximum atomic E-state index is 13.8. The van der Waals surface area contributed by atoms with Crippen molar-refractivity contribution in [2.45, 2.75) is 72.1 Å². The molecule has 3 aromatic rings. The fourth-order valence-electron chi connectivity index (χ4n) is 5.99. The number of piperazine rings is 1. The van der Waals surface area contributed by atoms with E-state index in [4.69, 9.17) is 14.2 Å². The molecular weight excluding hydrogens is 600 g/mol. The standard InChI is InChI=1S/C35H48N6O6/c1-6-7-8-22-46-30-23-27(10-11-29(30)45-5)40-16-9-15-39(33(40)43)24-26-12-14-36-32-28(26)13-17-38(32)20-18-37-19-21-41(31(42)25-37)34(44)47-35(2,3)4/h10-14,17,23H,6-9,15-16,18-22,24-25H2,1-5H3. The Morgan fingerprint density at radius 3 is 2.55 bits per heavy atom. The third-order valence-corrected chi connectivity index (χ3v) is 8.46. The first-order valence-electron chi connectivity index (χ1n) is 16.6. The van der Waals surface area contributed by atoms with E-state index in [0.717, 1.165) is 48.0 Å². The van der Waals surface area contributed by atoms with E-state index in [9.17, 15) is 14.4 Å². The summed E-state index contributed by atoms with van der Waals surface area (Å²) in [7, 11) is 1.63. The number of imide groups is 1. The van der Waals surface area contributed by atoms with Crippen LogP contribution in [0.4, 0.5) is 15.3 Å². The molecule has 2 saturated heterocycles. The molecule has 1 aromatic carbocycles. The average molecular weight is 649 g/mol. The van der Waals surface area contributed by atoms with Crippen LogP contribution in [0.15, 0.2) is 42.7 Å². The molecule has 0 spiro atoms. The van der Waals surface area contributed by atoms with Crippen LogP contribution in [0, 0.1) is 0 Å². The van der Waals surface area contributed by atoms with Crippen LogP contribution in [0.25, 0.3) is 11.0 Å². The van der Waals surface area contributed by atoms with Crippen LogP contribution in [-0.2, 0) is 22.6 Å². The summed E-state index contributed by atoms with van der Waals surface area (Å²) in [4.78, 5) is 50.5. The number of aromatic nitrogens is 2. The fourth-order valence-corrected chi connectivity index (χ4v) is 5.99. The summed E-state index contributed by atoms with van der Waals surface area (Å²) in [6, 6.07) is 9.65. The molecule has 2 aromatic heterocycles. The number of pyridine rings is 1. The Labute approximate surface area is 277 Å². The smallest absolute Gasteiger partial charge is 0.417 e. The quantitative estimate of drug-likeness (QED) is 0.236. The van der Waals surface area contributed by atoms with Gasteiger partial charge in [0.15, 0.2) is 11.5 Å². The van der Waals surface area contributed by atoms with Crippen molar-refractivity contribution in [2.75, 3.05) is 57.9 Å². The molecule has 12 nitrogen and oxygen atoms in total. The summed E-state index contributed by atoms with van der Waals surface area (Å²) in [6.45, 7) is 12.2. The van der Waals surface area contributed by atoms with Crippen LogP contribution in [0.1, 0.15) is 58.9 Å². The lowest BCUT2D eigenvalue weighted by Crippen LogP contribution is -2.54. The van der Waals surface area contributed by atoms with Crippen molar-refractivity contribution < 1.29 is 28.6 Å². The van der Waals surface area contributed by atoms with Crippen molar-refractivity contribution >= 4 is 34.8 Å². The van der Waals surface area contributed by atoms with E-state index < -0.39 is 11.7 Å². The van der Waals surface area contributed by atoms with Gasteiger partial charge < -0.3 is 23.7 Å². The number of hydrogen-bond donors (Lipinski definition) is 0. The normalized spacial score (nSPS) is 16.2. The van der Waals surface area contributed by atoms with E-state index >= 15 is 0 Å². The highest BCUT2D eigenvalue weighted by Gasteiger charge is 2.32. The summed E-state index contributed by atoms with van der Waals surface area (Å²) in [5.41, 5.74) is 2.00. The van der Waals surface area contributed by atoms with Gasteiger partial charge in [0.2, 0.25) is 5.91 Å². The number of carbonyl (C=O) groups excluding carboxylic acids is 3. The van der Waals surface area contributed by atoms with E-state index in [2.05, 4.69) is 16.5 Å². The minimum absolute atomic E-state index is 0.0436. The number of methoxy groups -OCH3 is 1. The molecule has 2 aliphatic heterocycles. The molecule has 254 valence electrons. The van der Waals surface area contributed by atoms with Crippen molar-refractivity contribution in [3.05, 3.63) is 48.3 Å². The van der Waals surface area contributed by atoms with Crippen molar-refractivity contribution in [1.82, 2.24) is 24.3 Å². The van der Waals surface area contributed by atoms with Gasteiger partial charge in [-0.05, 0) is 63.4 Å². The van der Waals surface area contributed by atoms with Gasteiger partial charge in [0, 0.05) is 75.3 Å². The number of hydrogen-bond acceptors (Lipinski definition) is 8. The monoisotopic (exact) mass is 648 g/mol. The lowest BCUT2D eigenvalue weighted by Gasteiger charge is -2.36. The number of urea groups is 1. The summed E-state index contributed by atoms with van der Waals surface area (Å²) in [5.74, 6) is 1.05. The number of nitrogens with zero attached hydrogens (tertiary/aromatic N) is 6. The summed E-state index contributed by atoms with van der Waals surface area (Å²) in [6.07, 6.45) is 7.23. The number of carbonyl (C=O) groups is 3. The number of amides is 4. The molecule has 47 heavy (non-hydrogen) atoms. The molecule has 4 heterocycles. The highest BCUT2D eigenvalue weighted by Crippen LogP contribution is 2.34. The van der Waals surface area contributed by atoms with Crippen LogP contribution in [0.3, 0.4) is 0 Å². The lowest BCUT2D eigenvalue weighted by atomic mass is 10.1. The van der Waals surface area contributed by atoms with E-state index in [1.54, 1.807) is 34.1 Å². The van der Waals surface area contributed by atoms with Gasteiger partial charge in [0.05, 0.1) is 20.3 Å². The van der Waals surface area contributed by atoms with Gasteiger partial charge >= 0.3 is 12.1 Å². The molecule has 12 heteroatoms. The van der Waals surface area contributed by atoms with Crippen LogP contribution in [-0.4, -0.2) is 101 Å². The highest BCUT2D eigenvalue weighted by atomic mass is 16.6. The zero-order valence-electron chi connectivity index (χ0n) is 28.4. The zero-order chi connectivity index (χ0) is 33.6. The second kappa shape index (κ2) is 15.1. The van der Waals surface area contributed by atoms with Crippen LogP contribution in [0.2, 0.25) is 0 Å². The van der Waals surface area contributed by atoms with Gasteiger partial charge in [-0.25, -0.2) is 19.5 Å². The second-order valence-corrected chi connectivity index (χ2v) is 13.1. The highest BCUT2D eigenvalue weighted by molar-refractivity contribution is 5.94. The first-order valence-corrected chi connectivity index (χ1v) is 16.6. The van der Waals surface area contributed by atoms with Crippen LogP contribution in [0.5, 0.6) is 11.5 Å². The van der Waals surface area contributed by atoms with Crippen molar-refractivity contribution in [3.8, 4) is 11.5 Å². The molecule has 0 saturated carbocycles. The van der Waals surface area contributed by atoms with Crippen molar-refractivity contribution in [1.29, 1.82) is 0 Å². The number of fused-ring (bicyclic) bond motifs is 1. The second-order valence-electron chi connectivity index (χ2n) is 13.1. The van der Waals surface area contributed by atoms with Crippen LogP contribution >= 0.6 is 0 Å². The Balaban J connectivity index is 1.21. The molecule has 0 atom stereocenters. The van der Waals surface area contributed by atoms with E-state index in [1.165, 1.54) is 4.90 Å². The first-order chi connectivity index (χ1) is 22.6. The van der Waals surface area contributed by atoms with Crippen LogP contribution < -0.4 is 14.4 Å². The molecule has 5 rings (SSSR count). The third-order valence-electron chi connectivity index (χ3n) is 8.46. The molecule has 0 N–H and O–H groups in total. The molecule has 0 radical (unpaired) electrons. The predicted octanol–water partition coefficient (Wildman–Crippen LogP) is 5.53. The van der Waals surface area contributed by atoms with Gasteiger partial charge in [0.25, 0.3) is 0 Å². The van der Waals surface area contributed by atoms with E-state index in [-0.39, 0.29) is 18.5 Å². The average Bonchev–Trinajstić information content (AvgIpc) is 3.46. The molecule has 0 unspecified atom stereocenters. The maximum absolute atomic E-state index is 13.8. The minimum atomic E-state index is -0.653. The number of anilines is 1. The van der Waals surface area contributed by atoms with Gasteiger partial charge in [-0.3, -0.25) is 14.6 Å². The number of rotatable bonds is 12. The molecule has 4 amide bonds. The van der Waals surface area contributed by atoms with Crippen molar-refractivity contribution in [2.24, 2.45) is 0 Å². The van der Waals surface area contributed by atoms with Gasteiger partial charge in [-0.1, -0.05) is 19.8 Å². The van der Waals surface area contributed by atoms with E-state index in [1.807, 2.05) is 51.2 Å². The Morgan fingerprint density at radius 1 is 0.979 bits per heavy atom. The predicted molar refractivity (Wildman–Crippen MR) is 180 cm³/mol. The third kappa shape index (κ3) is 8.34. The SMILES string of the molecule is CCCCCOc1cc(N2CCCN(Cc3ccnc4c3ccn4CCN3CCN(C(=O)OC(C)(C)C)C(=O)C3)C2=O)ccc1OC. The zero-order valence-corrected chi connectivity index (χ0v) is 28.4. The molecular formula is C35H48N6O6. The number of unbranched alkanes of at least 4 members (excludes halogenated alkanes) is 2. The maximum Gasteiger partial charge on any atom is 0.417 e. The fraction of sp³-hybridized carbons (Fsp3) is 0.543. The van der Waals surface area contributed by atoms with Gasteiger partial charge in [-0.2, -0.15) is 0 Å². The molecule has 2 aliphatic rings.